The number of fused-ring (bicyclic) bond motifs is 5. The second-order valence-corrected chi connectivity index (χ2v) is 10.9. The third-order valence-corrected chi connectivity index (χ3v) is 8.76. The van der Waals surface area contributed by atoms with Gasteiger partial charge in [0.2, 0.25) is 0 Å². The van der Waals surface area contributed by atoms with Crippen molar-refractivity contribution in [3.63, 3.8) is 0 Å². The number of rotatable bonds is 4. The Bertz CT molecular complexity index is 1740. The highest BCUT2D eigenvalue weighted by atomic mass is 16.3. The van der Waals surface area contributed by atoms with Gasteiger partial charge in [-0.2, -0.15) is 0 Å². The van der Waals surface area contributed by atoms with Gasteiger partial charge in [0.1, 0.15) is 5.58 Å². The van der Waals surface area contributed by atoms with Gasteiger partial charge in [-0.1, -0.05) is 72.8 Å². The predicted octanol–water partition coefficient (Wildman–Crippen LogP) is 10.5. The lowest BCUT2D eigenvalue weighted by molar-refractivity contribution is 0.359. The van der Waals surface area contributed by atoms with Crippen LogP contribution in [-0.2, 0) is 0 Å². The quantitative estimate of drug-likeness (QED) is 0.244. The summed E-state index contributed by atoms with van der Waals surface area (Å²) >= 11 is 0. The Labute approximate surface area is 223 Å². The van der Waals surface area contributed by atoms with Crippen LogP contribution in [0.25, 0.3) is 33.1 Å². The summed E-state index contributed by atoms with van der Waals surface area (Å²) in [5, 5.41) is 2.31. The van der Waals surface area contributed by atoms with Crippen LogP contribution in [0.3, 0.4) is 0 Å². The third kappa shape index (κ3) is 3.40. The third-order valence-electron chi connectivity index (χ3n) is 8.76. The van der Waals surface area contributed by atoms with Gasteiger partial charge in [-0.15, -0.1) is 0 Å². The minimum Gasteiger partial charge on any atom is -0.454 e. The van der Waals surface area contributed by atoms with Crippen LogP contribution in [0, 0.1) is 0 Å². The first-order valence-corrected chi connectivity index (χ1v) is 13.8. The Morgan fingerprint density at radius 1 is 0.526 bits per heavy atom. The molecule has 0 unspecified atom stereocenters. The molecule has 3 aliphatic rings. The lowest BCUT2D eigenvalue weighted by Crippen LogP contribution is -2.21. The number of anilines is 3. The summed E-state index contributed by atoms with van der Waals surface area (Å²) in [4.78, 5) is 2.33. The van der Waals surface area contributed by atoms with E-state index in [9.17, 15) is 0 Å². The van der Waals surface area contributed by atoms with Crippen molar-refractivity contribution in [2.45, 2.75) is 37.5 Å². The highest BCUT2D eigenvalue weighted by Crippen LogP contribution is 2.51. The molecule has 0 spiro atoms. The molecule has 0 amide bonds. The van der Waals surface area contributed by atoms with Gasteiger partial charge in [0, 0.05) is 22.1 Å². The summed E-state index contributed by atoms with van der Waals surface area (Å²) in [6, 6.07) is 41.6. The molecule has 1 heterocycles. The molecule has 2 bridgehead atoms. The van der Waals surface area contributed by atoms with Gasteiger partial charge in [0.05, 0.1) is 5.69 Å². The van der Waals surface area contributed by atoms with Crippen LogP contribution in [0.4, 0.5) is 17.1 Å². The summed E-state index contributed by atoms with van der Waals surface area (Å²) in [5.41, 5.74) is 10.8. The van der Waals surface area contributed by atoms with Crippen LogP contribution in [0.5, 0.6) is 0 Å². The van der Waals surface area contributed by atoms with Crippen LogP contribution < -0.4 is 4.90 Å². The van der Waals surface area contributed by atoms with Crippen molar-refractivity contribution in [3.05, 3.63) is 126 Å². The number of para-hydroxylation sites is 3. The Balaban J connectivity index is 1.40. The standard InChI is InChI=1S/C36H29NO/c1-3-9-28(10-4-1)37(29-11-5-2-6-12-29)34-23-27(22-33-31-13-7-8-14-35(31)38-36(33)34)26-19-20-30-24-15-17-25(18-16-24)32(30)21-26/h1-14,19-25H,15-18H2. The molecule has 2 heteroatoms. The summed E-state index contributed by atoms with van der Waals surface area (Å²) in [6.07, 6.45) is 5.40. The van der Waals surface area contributed by atoms with Crippen molar-refractivity contribution in [3.8, 4) is 11.1 Å². The van der Waals surface area contributed by atoms with Crippen LogP contribution in [0.15, 0.2) is 120 Å². The normalized spacial score (nSPS) is 18.1. The molecule has 5 aromatic carbocycles. The van der Waals surface area contributed by atoms with Crippen molar-refractivity contribution in [1.82, 2.24) is 0 Å². The van der Waals surface area contributed by atoms with E-state index in [0.717, 1.165) is 50.8 Å². The van der Waals surface area contributed by atoms with Gasteiger partial charge in [-0.05, 0) is 102 Å². The summed E-state index contributed by atoms with van der Waals surface area (Å²) < 4.78 is 6.59. The van der Waals surface area contributed by atoms with E-state index in [1.54, 1.807) is 11.1 Å². The molecule has 1 aromatic heterocycles. The Morgan fingerprint density at radius 2 is 1.16 bits per heavy atom. The fourth-order valence-electron chi connectivity index (χ4n) is 6.92. The Kier molecular flexibility index (Phi) is 4.94. The number of benzene rings is 5. The predicted molar refractivity (Wildman–Crippen MR) is 158 cm³/mol. The van der Waals surface area contributed by atoms with Crippen molar-refractivity contribution >= 4 is 39.0 Å². The van der Waals surface area contributed by atoms with Gasteiger partial charge >= 0.3 is 0 Å². The summed E-state index contributed by atoms with van der Waals surface area (Å²) in [7, 11) is 0. The molecule has 2 nitrogen and oxygen atoms in total. The first-order chi connectivity index (χ1) is 18.8. The SMILES string of the molecule is c1ccc(N(c2ccccc2)c2cc(-c3ccc4c(c3)C3CCC4CC3)cc3c2oc2ccccc23)cc1. The average molecular weight is 492 g/mol. The molecule has 9 rings (SSSR count). The molecular weight excluding hydrogens is 462 g/mol. The molecular formula is C36H29NO. The van der Waals surface area contributed by atoms with E-state index >= 15 is 0 Å². The van der Waals surface area contributed by atoms with Crippen molar-refractivity contribution < 1.29 is 4.42 Å². The zero-order chi connectivity index (χ0) is 25.1. The maximum atomic E-state index is 6.59. The molecule has 0 N–H and O–H groups in total. The molecule has 184 valence electrons. The Morgan fingerprint density at radius 3 is 1.87 bits per heavy atom. The molecule has 0 aliphatic heterocycles. The van der Waals surface area contributed by atoms with Gasteiger partial charge in [0.15, 0.2) is 5.58 Å². The van der Waals surface area contributed by atoms with Gasteiger partial charge in [0.25, 0.3) is 0 Å². The second-order valence-electron chi connectivity index (χ2n) is 10.9. The van der Waals surface area contributed by atoms with E-state index in [-0.39, 0.29) is 0 Å². The van der Waals surface area contributed by atoms with Crippen LogP contribution >= 0.6 is 0 Å². The molecule has 0 saturated heterocycles. The van der Waals surface area contributed by atoms with Crippen molar-refractivity contribution in [2.75, 3.05) is 4.90 Å². The van der Waals surface area contributed by atoms with E-state index in [2.05, 4.69) is 120 Å². The maximum absolute atomic E-state index is 6.59. The number of hydrogen-bond donors (Lipinski definition) is 0. The monoisotopic (exact) mass is 491 g/mol. The zero-order valence-electron chi connectivity index (χ0n) is 21.3. The highest BCUT2D eigenvalue weighted by molar-refractivity contribution is 6.12. The van der Waals surface area contributed by atoms with E-state index < -0.39 is 0 Å². The lowest BCUT2D eigenvalue weighted by Gasteiger charge is -2.38. The van der Waals surface area contributed by atoms with E-state index in [0.29, 0.717) is 0 Å². The number of furan rings is 1. The summed E-state index contributed by atoms with van der Waals surface area (Å²) in [5.74, 6) is 1.48. The molecule has 6 aromatic rings. The molecule has 0 radical (unpaired) electrons. The summed E-state index contributed by atoms with van der Waals surface area (Å²) in [6.45, 7) is 0. The van der Waals surface area contributed by atoms with Gasteiger partial charge < -0.3 is 9.32 Å². The fraction of sp³-hybridized carbons (Fsp3) is 0.167. The molecule has 1 fully saturated rings. The van der Waals surface area contributed by atoms with E-state index in [1.807, 2.05) is 0 Å². The average Bonchev–Trinajstić information content (AvgIpc) is 3.38. The first-order valence-electron chi connectivity index (χ1n) is 13.8. The topological polar surface area (TPSA) is 16.4 Å². The molecule has 38 heavy (non-hydrogen) atoms. The maximum Gasteiger partial charge on any atom is 0.159 e. The first kappa shape index (κ1) is 21.8. The minimum atomic E-state index is 0.720. The van der Waals surface area contributed by atoms with Gasteiger partial charge in [-0.3, -0.25) is 0 Å². The van der Waals surface area contributed by atoms with Crippen molar-refractivity contribution in [2.24, 2.45) is 0 Å². The van der Waals surface area contributed by atoms with E-state index in [1.165, 1.54) is 36.8 Å². The number of hydrogen-bond acceptors (Lipinski definition) is 2. The van der Waals surface area contributed by atoms with E-state index in [4.69, 9.17) is 4.42 Å². The fourth-order valence-corrected chi connectivity index (χ4v) is 6.92. The minimum absolute atomic E-state index is 0.720. The largest absolute Gasteiger partial charge is 0.454 e. The molecule has 0 atom stereocenters. The van der Waals surface area contributed by atoms with Crippen molar-refractivity contribution in [1.29, 1.82) is 0 Å². The van der Waals surface area contributed by atoms with Crippen LogP contribution in [0.1, 0.15) is 48.6 Å². The second kappa shape index (κ2) is 8.63. The number of nitrogens with zero attached hydrogens (tertiary/aromatic N) is 1. The smallest absolute Gasteiger partial charge is 0.159 e. The Hall–Kier alpha value is -4.30. The molecule has 1 saturated carbocycles. The van der Waals surface area contributed by atoms with Crippen LogP contribution in [-0.4, -0.2) is 0 Å². The van der Waals surface area contributed by atoms with Gasteiger partial charge in [-0.25, -0.2) is 0 Å². The zero-order valence-corrected chi connectivity index (χ0v) is 21.3. The molecule has 3 aliphatic carbocycles. The highest BCUT2D eigenvalue weighted by Gasteiger charge is 2.33. The van der Waals surface area contributed by atoms with Crippen LogP contribution in [0.2, 0.25) is 0 Å². The lowest BCUT2D eigenvalue weighted by atomic mass is 9.66.